The van der Waals surface area contributed by atoms with Crippen molar-refractivity contribution in [3.8, 4) is 0 Å². The zero-order chi connectivity index (χ0) is 8.32. The van der Waals surface area contributed by atoms with Gasteiger partial charge in [-0.3, -0.25) is 0 Å². The average molecular weight is 178 g/mol. The Labute approximate surface area is 67.3 Å². The number of sulfone groups is 1. The van der Waals surface area contributed by atoms with Crippen LogP contribution in [0.1, 0.15) is 0 Å². The van der Waals surface area contributed by atoms with E-state index in [0.29, 0.717) is 31.1 Å². The van der Waals surface area contributed by atoms with Crippen LogP contribution in [0, 0.1) is 0 Å². The Kier molecular flexibility index (Phi) is 2.86. The molecule has 4 nitrogen and oxygen atoms in total. The first-order valence-electron chi connectivity index (χ1n) is 3.77. The van der Waals surface area contributed by atoms with Crippen molar-refractivity contribution in [1.82, 2.24) is 4.90 Å². The van der Waals surface area contributed by atoms with E-state index < -0.39 is 9.84 Å². The van der Waals surface area contributed by atoms with Crippen LogP contribution in [0.4, 0.5) is 0 Å². The molecule has 1 heterocycles. The average Bonchev–Trinajstić information content (AvgIpc) is 1.94. The molecule has 0 amide bonds. The topological polar surface area (TPSA) is 63.4 Å². The molecule has 1 aliphatic heterocycles. The molecule has 0 unspecified atom stereocenters. The van der Waals surface area contributed by atoms with Crippen molar-refractivity contribution in [3.05, 3.63) is 0 Å². The van der Waals surface area contributed by atoms with Gasteiger partial charge in [0.15, 0.2) is 9.84 Å². The Hall–Kier alpha value is -0.130. The van der Waals surface area contributed by atoms with E-state index in [-0.39, 0.29) is 0 Å². The Balaban J connectivity index is 2.36. The van der Waals surface area contributed by atoms with Crippen LogP contribution < -0.4 is 5.73 Å². The molecule has 5 heteroatoms. The summed E-state index contributed by atoms with van der Waals surface area (Å²) in [6.07, 6.45) is 0. The van der Waals surface area contributed by atoms with E-state index in [9.17, 15) is 8.42 Å². The zero-order valence-corrected chi connectivity index (χ0v) is 7.31. The highest BCUT2D eigenvalue weighted by Crippen LogP contribution is 2.01. The summed E-state index contributed by atoms with van der Waals surface area (Å²) in [7, 11) is -2.72. The van der Waals surface area contributed by atoms with Gasteiger partial charge in [-0.05, 0) is 0 Å². The fourth-order valence-corrected chi connectivity index (χ4v) is 2.43. The van der Waals surface area contributed by atoms with Crippen LogP contribution in [0.3, 0.4) is 0 Å². The van der Waals surface area contributed by atoms with E-state index >= 15 is 0 Å². The minimum atomic E-state index is -2.72. The molecule has 2 N–H and O–H groups in total. The van der Waals surface area contributed by atoms with Gasteiger partial charge in [0.2, 0.25) is 0 Å². The molecule has 0 aliphatic carbocycles. The van der Waals surface area contributed by atoms with Crippen LogP contribution in [0.25, 0.3) is 0 Å². The second-order valence-electron chi connectivity index (χ2n) is 2.78. The van der Waals surface area contributed by atoms with Gasteiger partial charge in [0.25, 0.3) is 0 Å². The van der Waals surface area contributed by atoms with Gasteiger partial charge < -0.3 is 10.6 Å². The molecule has 0 radical (unpaired) electrons. The van der Waals surface area contributed by atoms with Crippen LogP contribution in [0.2, 0.25) is 0 Å². The molecule has 0 aromatic rings. The van der Waals surface area contributed by atoms with E-state index in [4.69, 9.17) is 5.73 Å². The molecule has 0 saturated carbocycles. The summed E-state index contributed by atoms with van der Waals surface area (Å²) < 4.78 is 21.9. The molecule has 1 aliphatic rings. The Morgan fingerprint density at radius 3 is 2.27 bits per heavy atom. The highest BCUT2D eigenvalue weighted by atomic mass is 32.2. The van der Waals surface area contributed by atoms with E-state index in [1.165, 1.54) is 0 Å². The number of rotatable bonds is 2. The van der Waals surface area contributed by atoms with E-state index in [1.807, 2.05) is 0 Å². The molecule has 0 atom stereocenters. The first kappa shape index (κ1) is 8.96. The quantitative estimate of drug-likeness (QED) is 0.569. The maximum Gasteiger partial charge on any atom is 0.152 e. The van der Waals surface area contributed by atoms with E-state index in [2.05, 4.69) is 4.90 Å². The molecule has 1 fully saturated rings. The number of nitrogens with two attached hydrogens (primary N) is 1. The first-order chi connectivity index (χ1) is 5.14. The highest BCUT2D eigenvalue weighted by Gasteiger charge is 2.20. The van der Waals surface area contributed by atoms with Crippen LogP contribution in [-0.2, 0) is 9.84 Å². The molecule has 1 saturated heterocycles. The van der Waals surface area contributed by atoms with Crippen molar-refractivity contribution in [2.45, 2.75) is 0 Å². The molecular formula is C6H14N2O2S. The summed E-state index contributed by atoms with van der Waals surface area (Å²) in [5.74, 6) is 0.597. The Morgan fingerprint density at radius 2 is 1.82 bits per heavy atom. The van der Waals surface area contributed by atoms with Gasteiger partial charge >= 0.3 is 0 Å². The monoisotopic (exact) mass is 178 g/mol. The molecular weight excluding hydrogens is 164 g/mol. The predicted octanol–water partition coefficient (Wildman–Crippen LogP) is -1.32. The summed E-state index contributed by atoms with van der Waals surface area (Å²) >= 11 is 0. The van der Waals surface area contributed by atoms with Crippen molar-refractivity contribution in [1.29, 1.82) is 0 Å². The summed E-state index contributed by atoms with van der Waals surface area (Å²) in [5, 5.41) is 0. The number of hydrogen-bond acceptors (Lipinski definition) is 4. The second-order valence-corrected chi connectivity index (χ2v) is 5.09. The maximum absolute atomic E-state index is 10.9. The fraction of sp³-hybridized carbons (Fsp3) is 1.00. The normalized spacial score (nSPS) is 25.2. The maximum atomic E-state index is 10.9. The van der Waals surface area contributed by atoms with Crippen LogP contribution >= 0.6 is 0 Å². The summed E-state index contributed by atoms with van der Waals surface area (Å²) in [5.41, 5.74) is 5.34. The van der Waals surface area contributed by atoms with Gasteiger partial charge in [-0.1, -0.05) is 0 Å². The molecule has 0 aromatic heterocycles. The Morgan fingerprint density at radius 1 is 1.27 bits per heavy atom. The van der Waals surface area contributed by atoms with Crippen molar-refractivity contribution in [3.63, 3.8) is 0 Å². The molecule has 0 spiro atoms. The Bertz CT molecular complexity index is 199. The highest BCUT2D eigenvalue weighted by molar-refractivity contribution is 7.91. The minimum Gasteiger partial charge on any atom is -0.329 e. The summed E-state index contributed by atoms with van der Waals surface area (Å²) in [4.78, 5) is 2.08. The lowest BCUT2D eigenvalue weighted by atomic mass is 10.5. The predicted molar refractivity (Wildman–Crippen MR) is 44.1 cm³/mol. The third-order valence-electron chi connectivity index (χ3n) is 1.88. The van der Waals surface area contributed by atoms with E-state index in [0.717, 1.165) is 6.54 Å². The fourth-order valence-electron chi connectivity index (χ4n) is 1.16. The SMILES string of the molecule is NCCN1CCS(=O)(=O)CC1. The summed E-state index contributed by atoms with van der Waals surface area (Å²) in [6.45, 7) is 2.73. The van der Waals surface area contributed by atoms with Gasteiger partial charge in [0, 0.05) is 26.2 Å². The van der Waals surface area contributed by atoms with Crippen molar-refractivity contribution < 1.29 is 8.42 Å². The molecule has 0 aromatic carbocycles. The zero-order valence-electron chi connectivity index (χ0n) is 6.49. The first-order valence-corrected chi connectivity index (χ1v) is 5.59. The smallest absolute Gasteiger partial charge is 0.152 e. The lowest BCUT2D eigenvalue weighted by Crippen LogP contribution is -2.42. The lowest BCUT2D eigenvalue weighted by Gasteiger charge is -2.25. The number of nitrogens with zero attached hydrogens (tertiary/aromatic N) is 1. The number of hydrogen-bond donors (Lipinski definition) is 1. The third kappa shape index (κ3) is 2.76. The van der Waals surface area contributed by atoms with Crippen molar-refractivity contribution in [2.24, 2.45) is 5.73 Å². The molecule has 11 heavy (non-hydrogen) atoms. The summed E-state index contributed by atoms with van der Waals surface area (Å²) in [6, 6.07) is 0. The van der Waals surface area contributed by atoms with Crippen molar-refractivity contribution in [2.75, 3.05) is 37.7 Å². The minimum absolute atomic E-state index is 0.299. The van der Waals surface area contributed by atoms with Crippen LogP contribution in [-0.4, -0.2) is 51.0 Å². The standard InChI is InChI=1S/C6H14N2O2S/c7-1-2-8-3-5-11(9,10)6-4-8/h1-7H2. The van der Waals surface area contributed by atoms with E-state index in [1.54, 1.807) is 0 Å². The van der Waals surface area contributed by atoms with Gasteiger partial charge in [0.1, 0.15) is 0 Å². The van der Waals surface area contributed by atoms with Gasteiger partial charge in [0.05, 0.1) is 11.5 Å². The lowest BCUT2D eigenvalue weighted by molar-refractivity contribution is 0.304. The van der Waals surface area contributed by atoms with Crippen molar-refractivity contribution >= 4 is 9.84 Å². The van der Waals surface area contributed by atoms with Gasteiger partial charge in [-0.2, -0.15) is 0 Å². The van der Waals surface area contributed by atoms with Crippen LogP contribution in [0.5, 0.6) is 0 Å². The molecule has 66 valence electrons. The molecule has 1 rings (SSSR count). The van der Waals surface area contributed by atoms with Gasteiger partial charge in [-0.15, -0.1) is 0 Å². The second kappa shape index (κ2) is 3.51. The molecule has 0 bridgehead atoms. The van der Waals surface area contributed by atoms with Gasteiger partial charge in [-0.25, -0.2) is 8.42 Å². The largest absolute Gasteiger partial charge is 0.329 e. The van der Waals surface area contributed by atoms with Crippen LogP contribution in [0.15, 0.2) is 0 Å². The third-order valence-corrected chi connectivity index (χ3v) is 3.49.